The molecule has 1 fully saturated rings. The molecule has 4 rings (SSSR count). The maximum absolute atomic E-state index is 13.0. The minimum Gasteiger partial charge on any atom is -0.383 e. The van der Waals surface area contributed by atoms with Gasteiger partial charge >= 0.3 is 5.69 Å². The lowest BCUT2D eigenvalue weighted by molar-refractivity contribution is 0.0710. The summed E-state index contributed by atoms with van der Waals surface area (Å²) in [6.45, 7) is 4.62. The number of tetrazole rings is 1. The molecule has 1 amide bonds. The quantitative estimate of drug-likeness (QED) is 0.547. The molecular weight excluding hydrogens is 400 g/mol. The first-order valence-electron chi connectivity index (χ1n) is 10.4. The number of hydrogen-bond donors (Lipinski definition) is 0. The summed E-state index contributed by atoms with van der Waals surface area (Å²) in [5, 5.41) is 15.7. The van der Waals surface area contributed by atoms with Crippen LogP contribution >= 0.6 is 0 Å². The van der Waals surface area contributed by atoms with Crippen molar-refractivity contribution in [3.05, 3.63) is 52.5 Å². The standard InChI is InChI=1S/C20H26N8O3/c1-3-26-18(22-27(20(26)30)11-12-31-2)15-7-9-25(10-8-15)19(29)16-5-4-6-17(13-16)28-14-21-23-24-28/h4-6,13-15H,3,7-12H2,1-2H3. The SMILES string of the molecule is CCn1c(C2CCN(C(=O)c3cccc(-n4cnnn4)c3)CC2)nn(CCOC)c1=O. The number of amides is 1. The first-order valence-corrected chi connectivity index (χ1v) is 10.4. The van der Waals surface area contributed by atoms with Crippen LogP contribution < -0.4 is 5.69 Å². The molecule has 0 atom stereocenters. The number of nitrogens with zero attached hydrogens (tertiary/aromatic N) is 8. The van der Waals surface area contributed by atoms with Crippen molar-refractivity contribution in [2.24, 2.45) is 0 Å². The first kappa shape index (κ1) is 20.9. The van der Waals surface area contributed by atoms with E-state index in [1.54, 1.807) is 23.8 Å². The topological polar surface area (TPSA) is 113 Å². The number of aromatic nitrogens is 7. The van der Waals surface area contributed by atoms with Crippen molar-refractivity contribution < 1.29 is 9.53 Å². The van der Waals surface area contributed by atoms with Crippen molar-refractivity contribution >= 4 is 5.91 Å². The molecule has 0 bridgehead atoms. The average Bonchev–Trinajstić information content (AvgIpc) is 3.46. The molecule has 0 unspecified atom stereocenters. The van der Waals surface area contributed by atoms with Gasteiger partial charge in [-0.3, -0.25) is 9.36 Å². The van der Waals surface area contributed by atoms with Crippen LogP contribution in [0, 0.1) is 0 Å². The van der Waals surface area contributed by atoms with Crippen molar-refractivity contribution in [2.45, 2.75) is 38.8 Å². The first-order chi connectivity index (χ1) is 15.1. The third-order valence-corrected chi connectivity index (χ3v) is 5.63. The number of likely N-dealkylation sites (tertiary alicyclic amines) is 1. The third-order valence-electron chi connectivity index (χ3n) is 5.63. The normalized spacial score (nSPS) is 14.8. The van der Waals surface area contributed by atoms with Crippen LogP contribution in [-0.2, 0) is 17.8 Å². The summed E-state index contributed by atoms with van der Waals surface area (Å²) in [5.74, 6) is 0.927. The van der Waals surface area contributed by atoms with Crippen LogP contribution in [0.5, 0.6) is 0 Å². The van der Waals surface area contributed by atoms with E-state index in [1.165, 1.54) is 15.7 Å². The highest BCUT2D eigenvalue weighted by atomic mass is 16.5. The van der Waals surface area contributed by atoms with Gasteiger partial charge in [0.15, 0.2) is 0 Å². The molecule has 11 nitrogen and oxygen atoms in total. The second kappa shape index (κ2) is 9.21. The van der Waals surface area contributed by atoms with Gasteiger partial charge in [0.2, 0.25) is 0 Å². The van der Waals surface area contributed by atoms with Gasteiger partial charge in [-0.15, -0.1) is 5.10 Å². The van der Waals surface area contributed by atoms with Crippen LogP contribution in [0.15, 0.2) is 35.4 Å². The van der Waals surface area contributed by atoms with E-state index >= 15 is 0 Å². The van der Waals surface area contributed by atoms with Crippen LogP contribution in [0.1, 0.15) is 41.9 Å². The second-order valence-corrected chi connectivity index (χ2v) is 7.47. The molecular formula is C20H26N8O3. The molecule has 0 spiro atoms. The summed E-state index contributed by atoms with van der Waals surface area (Å²) in [6.07, 6.45) is 3.02. The highest BCUT2D eigenvalue weighted by molar-refractivity contribution is 5.94. The predicted octanol–water partition coefficient (Wildman–Crippen LogP) is 0.707. The molecule has 3 aromatic rings. The number of rotatable bonds is 7. The van der Waals surface area contributed by atoms with Crippen LogP contribution in [0.2, 0.25) is 0 Å². The zero-order chi connectivity index (χ0) is 21.8. The molecule has 1 saturated heterocycles. The number of carbonyl (C=O) groups is 1. The van der Waals surface area contributed by atoms with E-state index in [2.05, 4.69) is 20.6 Å². The van der Waals surface area contributed by atoms with E-state index in [1.807, 2.05) is 24.0 Å². The van der Waals surface area contributed by atoms with Gasteiger partial charge < -0.3 is 9.64 Å². The molecule has 31 heavy (non-hydrogen) atoms. The van der Waals surface area contributed by atoms with Gasteiger partial charge in [0, 0.05) is 38.2 Å². The maximum Gasteiger partial charge on any atom is 0.345 e. The molecule has 2 aromatic heterocycles. The fourth-order valence-corrected chi connectivity index (χ4v) is 3.96. The third kappa shape index (κ3) is 4.26. The van der Waals surface area contributed by atoms with Gasteiger partial charge in [-0.2, -0.15) is 5.10 Å². The van der Waals surface area contributed by atoms with E-state index < -0.39 is 0 Å². The van der Waals surface area contributed by atoms with Gasteiger partial charge in [-0.1, -0.05) is 6.07 Å². The Bertz CT molecular complexity index is 1080. The summed E-state index contributed by atoms with van der Waals surface area (Å²) in [4.78, 5) is 27.5. The van der Waals surface area contributed by atoms with E-state index in [4.69, 9.17) is 4.74 Å². The van der Waals surface area contributed by atoms with Gasteiger partial charge in [-0.25, -0.2) is 14.2 Å². The minimum atomic E-state index is -0.104. The zero-order valence-electron chi connectivity index (χ0n) is 17.7. The fourth-order valence-electron chi connectivity index (χ4n) is 3.96. The summed E-state index contributed by atoms with van der Waals surface area (Å²) in [7, 11) is 1.61. The van der Waals surface area contributed by atoms with Crippen molar-refractivity contribution in [1.29, 1.82) is 0 Å². The van der Waals surface area contributed by atoms with E-state index in [0.29, 0.717) is 38.3 Å². The number of benzene rings is 1. The molecule has 0 radical (unpaired) electrons. The summed E-state index contributed by atoms with van der Waals surface area (Å²) in [5.41, 5.74) is 1.23. The maximum atomic E-state index is 13.0. The van der Waals surface area contributed by atoms with Crippen LogP contribution in [0.3, 0.4) is 0 Å². The molecule has 1 aliphatic heterocycles. The minimum absolute atomic E-state index is 0.0214. The second-order valence-electron chi connectivity index (χ2n) is 7.47. The smallest absolute Gasteiger partial charge is 0.345 e. The van der Waals surface area contributed by atoms with Gasteiger partial charge in [-0.05, 0) is 48.4 Å². The number of methoxy groups -OCH3 is 1. The lowest BCUT2D eigenvalue weighted by atomic mass is 9.95. The molecule has 0 aliphatic carbocycles. The summed E-state index contributed by atoms with van der Waals surface area (Å²) >= 11 is 0. The Morgan fingerprint density at radius 1 is 1.26 bits per heavy atom. The van der Waals surface area contributed by atoms with Crippen molar-refractivity contribution in [1.82, 2.24) is 39.5 Å². The Balaban J connectivity index is 1.45. The molecule has 0 N–H and O–H groups in total. The van der Waals surface area contributed by atoms with E-state index in [9.17, 15) is 9.59 Å². The van der Waals surface area contributed by atoms with E-state index in [-0.39, 0.29) is 17.5 Å². The molecule has 3 heterocycles. The Morgan fingerprint density at radius 2 is 2.06 bits per heavy atom. The fraction of sp³-hybridized carbons (Fsp3) is 0.500. The van der Waals surface area contributed by atoms with Crippen LogP contribution in [0.4, 0.5) is 0 Å². The molecule has 0 saturated carbocycles. The molecule has 1 aromatic carbocycles. The number of ether oxygens (including phenoxy) is 1. The Morgan fingerprint density at radius 3 is 2.74 bits per heavy atom. The van der Waals surface area contributed by atoms with Gasteiger partial charge in [0.05, 0.1) is 18.8 Å². The highest BCUT2D eigenvalue weighted by Gasteiger charge is 2.28. The van der Waals surface area contributed by atoms with Crippen LogP contribution in [-0.4, -0.2) is 72.2 Å². The van der Waals surface area contributed by atoms with Crippen molar-refractivity contribution in [3.63, 3.8) is 0 Å². The lowest BCUT2D eigenvalue weighted by Gasteiger charge is -2.31. The molecule has 1 aliphatic rings. The van der Waals surface area contributed by atoms with Crippen molar-refractivity contribution in [2.75, 3.05) is 26.8 Å². The summed E-state index contributed by atoms with van der Waals surface area (Å²) < 4.78 is 9.80. The lowest BCUT2D eigenvalue weighted by Crippen LogP contribution is -2.38. The number of piperidine rings is 1. The van der Waals surface area contributed by atoms with Crippen molar-refractivity contribution in [3.8, 4) is 5.69 Å². The Labute approximate surface area is 179 Å². The van der Waals surface area contributed by atoms with E-state index in [0.717, 1.165) is 24.4 Å². The molecule has 164 valence electrons. The molecule has 11 heteroatoms. The highest BCUT2D eigenvalue weighted by Crippen LogP contribution is 2.27. The van der Waals surface area contributed by atoms with Gasteiger partial charge in [0.1, 0.15) is 12.2 Å². The Kier molecular flexibility index (Phi) is 6.21. The summed E-state index contributed by atoms with van der Waals surface area (Å²) in [6, 6.07) is 7.26. The number of hydrogen-bond acceptors (Lipinski definition) is 7. The largest absolute Gasteiger partial charge is 0.383 e. The average molecular weight is 426 g/mol. The van der Waals surface area contributed by atoms with Gasteiger partial charge in [0.25, 0.3) is 5.91 Å². The zero-order valence-corrected chi connectivity index (χ0v) is 17.7. The number of carbonyl (C=O) groups excluding carboxylic acids is 1. The predicted molar refractivity (Wildman–Crippen MR) is 111 cm³/mol. The van der Waals surface area contributed by atoms with Crippen LogP contribution in [0.25, 0.3) is 5.69 Å². The Hall–Kier alpha value is -3.34. The monoisotopic (exact) mass is 426 g/mol.